The third kappa shape index (κ3) is 2.84. The van der Waals surface area contributed by atoms with Crippen LogP contribution in [0.5, 0.6) is 0 Å². The maximum atomic E-state index is 7.43. The number of hydrogen-bond acceptors (Lipinski definition) is 3. The number of nitrogens with two attached hydrogens (primary N) is 1. The van der Waals surface area contributed by atoms with E-state index < -0.39 is 0 Å². The number of nitrogens with one attached hydrogen (secondary N) is 1. The molecule has 0 bridgehead atoms. The Morgan fingerprint density at radius 1 is 1.56 bits per heavy atom. The summed E-state index contributed by atoms with van der Waals surface area (Å²) in [6.07, 6.45) is 2.56. The average Bonchev–Trinajstić information content (AvgIpc) is 2.38. The van der Waals surface area contributed by atoms with Gasteiger partial charge in [-0.1, -0.05) is 0 Å². The van der Waals surface area contributed by atoms with Crippen molar-refractivity contribution in [2.24, 2.45) is 5.73 Å². The van der Waals surface area contributed by atoms with E-state index in [1.165, 1.54) is 0 Å². The Hall–Kier alpha value is -1.07. The predicted octanol–water partition coefficient (Wildman–Crippen LogP) is 2.35. The first-order valence-electron chi connectivity index (χ1n) is 6.03. The minimum Gasteiger partial charge on any atom is -0.384 e. The second kappa shape index (κ2) is 5.71. The molecule has 0 spiro atoms. The highest BCUT2D eigenvalue weighted by Gasteiger charge is 2.21. The summed E-state index contributed by atoms with van der Waals surface area (Å²) in [6.45, 7) is 1.95. The molecule has 0 amide bonds. The van der Waals surface area contributed by atoms with Crippen molar-refractivity contribution in [3.8, 4) is 0 Å². The van der Waals surface area contributed by atoms with E-state index in [-0.39, 0.29) is 5.84 Å². The summed E-state index contributed by atoms with van der Waals surface area (Å²) in [5.74, 6) is 0.0932. The van der Waals surface area contributed by atoms with Crippen LogP contribution in [-0.4, -0.2) is 32.1 Å². The van der Waals surface area contributed by atoms with Gasteiger partial charge in [0.05, 0.1) is 11.8 Å². The van der Waals surface area contributed by atoms with Crippen molar-refractivity contribution < 1.29 is 4.74 Å². The van der Waals surface area contributed by atoms with Crippen LogP contribution in [0.15, 0.2) is 22.7 Å². The van der Waals surface area contributed by atoms with E-state index in [1.54, 1.807) is 7.11 Å². The fraction of sp³-hybridized carbons (Fsp3) is 0.462. The summed E-state index contributed by atoms with van der Waals surface area (Å²) in [6, 6.07) is 5.80. The molecular weight excluding hydrogens is 294 g/mol. The van der Waals surface area contributed by atoms with Gasteiger partial charge in [0, 0.05) is 30.2 Å². The van der Waals surface area contributed by atoms with Crippen molar-refractivity contribution in [1.29, 1.82) is 5.41 Å². The number of benzene rings is 1. The summed E-state index contributed by atoms with van der Waals surface area (Å²) in [5.41, 5.74) is 7.37. The second-order valence-electron chi connectivity index (χ2n) is 4.53. The third-order valence-corrected chi connectivity index (χ3v) is 3.95. The van der Waals surface area contributed by atoms with Gasteiger partial charge in [0.15, 0.2) is 0 Å². The Balaban J connectivity index is 2.20. The Morgan fingerprint density at radius 3 is 2.94 bits per heavy atom. The van der Waals surface area contributed by atoms with E-state index >= 15 is 0 Å². The van der Waals surface area contributed by atoms with Crippen LogP contribution in [0.25, 0.3) is 0 Å². The monoisotopic (exact) mass is 311 g/mol. The van der Waals surface area contributed by atoms with Gasteiger partial charge in [-0.2, -0.15) is 0 Å². The first-order valence-corrected chi connectivity index (χ1v) is 6.83. The Bertz CT molecular complexity index is 450. The zero-order chi connectivity index (χ0) is 13.1. The van der Waals surface area contributed by atoms with E-state index in [0.717, 1.165) is 41.7 Å². The Kier molecular flexibility index (Phi) is 4.24. The van der Waals surface area contributed by atoms with Crippen LogP contribution in [0, 0.1) is 5.41 Å². The van der Waals surface area contributed by atoms with Gasteiger partial charge in [0.2, 0.25) is 0 Å². The molecule has 18 heavy (non-hydrogen) atoms. The van der Waals surface area contributed by atoms with Gasteiger partial charge >= 0.3 is 0 Å². The molecule has 98 valence electrons. The average molecular weight is 312 g/mol. The van der Waals surface area contributed by atoms with Gasteiger partial charge in [-0.25, -0.2) is 0 Å². The van der Waals surface area contributed by atoms with Crippen molar-refractivity contribution in [3.05, 3.63) is 28.2 Å². The molecule has 0 radical (unpaired) electrons. The van der Waals surface area contributed by atoms with E-state index in [9.17, 15) is 0 Å². The van der Waals surface area contributed by atoms with Crippen molar-refractivity contribution >= 4 is 27.5 Å². The molecule has 1 aliphatic heterocycles. The highest BCUT2D eigenvalue weighted by molar-refractivity contribution is 9.10. The number of nitrogen functional groups attached to an aromatic ring is 1. The van der Waals surface area contributed by atoms with Gasteiger partial charge in [-0.05, 0) is 47.0 Å². The first kappa shape index (κ1) is 13.4. The molecule has 1 fully saturated rings. The molecule has 5 heteroatoms. The summed E-state index contributed by atoms with van der Waals surface area (Å²) in [4.78, 5) is 2.31. The number of halogens is 1. The third-order valence-electron chi connectivity index (χ3n) is 3.31. The highest BCUT2D eigenvalue weighted by Crippen LogP contribution is 2.30. The number of hydrogen-bond donors (Lipinski definition) is 2. The standard InChI is InChI=1S/C13H18BrN3O/c1-18-10-3-2-6-17(8-10)12-5-4-9(13(15)16)7-11(12)14/h4-5,7,10H,2-3,6,8H2,1H3,(H3,15,16). The Morgan fingerprint density at radius 2 is 2.33 bits per heavy atom. The largest absolute Gasteiger partial charge is 0.384 e. The number of ether oxygens (including phenoxy) is 1. The van der Waals surface area contributed by atoms with E-state index in [2.05, 4.69) is 20.8 Å². The van der Waals surface area contributed by atoms with Crippen molar-refractivity contribution in [1.82, 2.24) is 0 Å². The smallest absolute Gasteiger partial charge is 0.122 e. The summed E-state index contributed by atoms with van der Waals surface area (Å²) in [7, 11) is 1.77. The summed E-state index contributed by atoms with van der Waals surface area (Å²) < 4.78 is 6.41. The number of rotatable bonds is 3. The quantitative estimate of drug-likeness (QED) is 0.665. The van der Waals surface area contributed by atoms with Crippen LogP contribution < -0.4 is 10.6 Å². The molecule has 1 unspecified atom stereocenters. The van der Waals surface area contributed by atoms with Crippen LogP contribution in [0.2, 0.25) is 0 Å². The van der Waals surface area contributed by atoms with Crippen LogP contribution in [0.3, 0.4) is 0 Å². The molecule has 2 rings (SSSR count). The first-order chi connectivity index (χ1) is 8.61. The zero-order valence-electron chi connectivity index (χ0n) is 10.4. The summed E-state index contributed by atoms with van der Waals surface area (Å²) >= 11 is 3.56. The van der Waals surface area contributed by atoms with E-state index in [4.69, 9.17) is 15.9 Å². The molecule has 0 aromatic heterocycles. The van der Waals surface area contributed by atoms with Crippen LogP contribution in [0.4, 0.5) is 5.69 Å². The number of anilines is 1. The normalized spacial score (nSPS) is 19.9. The number of piperidine rings is 1. The molecule has 3 N–H and O–H groups in total. The van der Waals surface area contributed by atoms with Gasteiger partial charge in [-0.3, -0.25) is 5.41 Å². The van der Waals surface area contributed by atoms with Gasteiger partial charge in [0.1, 0.15) is 5.84 Å². The highest BCUT2D eigenvalue weighted by atomic mass is 79.9. The van der Waals surface area contributed by atoms with Crippen molar-refractivity contribution in [2.45, 2.75) is 18.9 Å². The van der Waals surface area contributed by atoms with Crippen LogP contribution in [0.1, 0.15) is 18.4 Å². The molecule has 1 aromatic carbocycles. The minimum atomic E-state index is 0.0932. The number of methoxy groups -OCH3 is 1. The topological polar surface area (TPSA) is 62.3 Å². The predicted molar refractivity (Wildman–Crippen MR) is 77.4 cm³/mol. The van der Waals surface area contributed by atoms with E-state index in [1.807, 2.05) is 18.2 Å². The van der Waals surface area contributed by atoms with Crippen LogP contribution >= 0.6 is 15.9 Å². The molecule has 1 atom stereocenters. The lowest BCUT2D eigenvalue weighted by atomic mass is 10.1. The lowest BCUT2D eigenvalue weighted by Gasteiger charge is -2.34. The fourth-order valence-electron chi connectivity index (χ4n) is 2.28. The minimum absolute atomic E-state index is 0.0932. The molecule has 0 aliphatic carbocycles. The molecule has 1 aromatic rings. The van der Waals surface area contributed by atoms with Gasteiger partial charge in [0.25, 0.3) is 0 Å². The number of amidine groups is 1. The van der Waals surface area contributed by atoms with Crippen molar-refractivity contribution in [2.75, 3.05) is 25.1 Å². The number of nitrogens with zero attached hydrogens (tertiary/aromatic N) is 1. The zero-order valence-corrected chi connectivity index (χ0v) is 12.0. The lowest BCUT2D eigenvalue weighted by Crippen LogP contribution is -2.39. The Labute approximate surface area is 116 Å². The SMILES string of the molecule is COC1CCCN(c2ccc(C(=N)N)cc2Br)C1. The second-order valence-corrected chi connectivity index (χ2v) is 5.38. The molecule has 0 saturated carbocycles. The maximum absolute atomic E-state index is 7.43. The van der Waals surface area contributed by atoms with Crippen molar-refractivity contribution in [3.63, 3.8) is 0 Å². The summed E-state index contributed by atoms with van der Waals surface area (Å²) in [5, 5.41) is 7.43. The van der Waals surface area contributed by atoms with Crippen LogP contribution in [-0.2, 0) is 4.74 Å². The molecule has 1 aliphatic rings. The molecule has 1 saturated heterocycles. The molecular formula is C13H18BrN3O. The lowest BCUT2D eigenvalue weighted by molar-refractivity contribution is 0.0893. The maximum Gasteiger partial charge on any atom is 0.122 e. The fourth-order valence-corrected chi connectivity index (χ4v) is 2.91. The van der Waals surface area contributed by atoms with E-state index in [0.29, 0.717) is 6.10 Å². The molecule has 1 heterocycles. The van der Waals surface area contributed by atoms with Gasteiger partial charge < -0.3 is 15.4 Å². The molecule has 4 nitrogen and oxygen atoms in total. The van der Waals surface area contributed by atoms with Gasteiger partial charge in [-0.15, -0.1) is 0 Å².